The first-order chi connectivity index (χ1) is 6.41. The van der Waals surface area contributed by atoms with Gasteiger partial charge < -0.3 is 19.7 Å². The van der Waals surface area contributed by atoms with Gasteiger partial charge in [0.15, 0.2) is 5.79 Å². The first kappa shape index (κ1) is 10.8. The summed E-state index contributed by atoms with van der Waals surface area (Å²) in [6.07, 6.45) is -0.862. The summed E-state index contributed by atoms with van der Waals surface area (Å²) in [4.78, 5) is 0. The van der Waals surface area contributed by atoms with Crippen molar-refractivity contribution >= 4 is 22.6 Å². The van der Waals surface area contributed by atoms with Crippen molar-refractivity contribution in [1.82, 2.24) is 0 Å². The second kappa shape index (κ2) is 3.41. The lowest BCUT2D eigenvalue weighted by molar-refractivity contribution is -0.158. The number of hydrogen-bond acceptors (Lipinski definition) is 4. The monoisotopic (exact) mass is 312 g/mol. The SMILES string of the molecule is CC1(C)O[C@H]2[C@H](O)[C@@H](O)C=C(I)[C@H]2O1. The minimum Gasteiger partial charge on any atom is -0.387 e. The van der Waals surface area contributed by atoms with Crippen LogP contribution in [0.2, 0.25) is 0 Å². The molecule has 1 fully saturated rings. The fraction of sp³-hybridized carbons (Fsp3) is 0.778. The fourth-order valence-electron chi connectivity index (χ4n) is 1.80. The molecule has 1 aliphatic carbocycles. The summed E-state index contributed by atoms with van der Waals surface area (Å²) in [6.45, 7) is 3.60. The largest absolute Gasteiger partial charge is 0.387 e. The molecule has 0 amide bonds. The van der Waals surface area contributed by atoms with E-state index in [0.717, 1.165) is 3.58 Å². The van der Waals surface area contributed by atoms with Crippen LogP contribution in [-0.2, 0) is 9.47 Å². The molecule has 0 bridgehead atoms. The summed E-state index contributed by atoms with van der Waals surface area (Å²) >= 11 is 2.10. The quantitative estimate of drug-likeness (QED) is 0.642. The third kappa shape index (κ3) is 1.71. The Balaban J connectivity index is 2.27. The Labute approximate surface area is 96.0 Å². The van der Waals surface area contributed by atoms with E-state index in [1.54, 1.807) is 19.9 Å². The van der Waals surface area contributed by atoms with E-state index in [9.17, 15) is 10.2 Å². The number of aliphatic hydroxyl groups excluding tert-OH is 2. The number of aliphatic hydroxyl groups is 2. The van der Waals surface area contributed by atoms with Gasteiger partial charge in [-0.05, 0) is 42.5 Å². The van der Waals surface area contributed by atoms with Crippen molar-refractivity contribution in [2.24, 2.45) is 0 Å². The van der Waals surface area contributed by atoms with Crippen molar-refractivity contribution in [3.8, 4) is 0 Å². The number of fused-ring (bicyclic) bond motifs is 1. The zero-order chi connectivity index (χ0) is 10.5. The Bertz CT molecular complexity index is 276. The molecular formula is C9H13IO4. The maximum Gasteiger partial charge on any atom is 0.164 e. The number of rotatable bonds is 0. The van der Waals surface area contributed by atoms with Gasteiger partial charge in [0, 0.05) is 3.58 Å². The van der Waals surface area contributed by atoms with Crippen LogP contribution in [0.15, 0.2) is 9.66 Å². The van der Waals surface area contributed by atoms with Gasteiger partial charge >= 0.3 is 0 Å². The van der Waals surface area contributed by atoms with E-state index >= 15 is 0 Å². The minimum atomic E-state index is -0.903. The van der Waals surface area contributed by atoms with E-state index in [4.69, 9.17) is 9.47 Å². The predicted octanol–water partition coefficient (Wildman–Crippen LogP) is 0.561. The molecule has 0 radical (unpaired) electrons. The molecule has 1 aliphatic heterocycles. The Kier molecular flexibility index (Phi) is 2.64. The molecule has 2 N–H and O–H groups in total. The van der Waals surface area contributed by atoms with Crippen molar-refractivity contribution in [2.75, 3.05) is 0 Å². The fourth-order valence-corrected chi connectivity index (χ4v) is 2.65. The normalized spacial score (nSPS) is 45.9. The van der Waals surface area contributed by atoms with Crippen molar-refractivity contribution < 1.29 is 19.7 Å². The summed E-state index contributed by atoms with van der Waals surface area (Å²) in [5, 5.41) is 19.2. The van der Waals surface area contributed by atoms with Gasteiger partial charge in [-0.25, -0.2) is 0 Å². The van der Waals surface area contributed by atoms with Crippen LogP contribution >= 0.6 is 22.6 Å². The number of ether oxygens (including phenoxy) is 2. The van der Waals surface area contributed by atoms with Gasteiger partial charge in [-0.3, -0.25) is 0 Å². The third-order valence-electron chi connectivity index (χ3n) is 2.42. The molecule has 80 valence electrons. The van der Waals surface area contributed by atoms with E-state index in [2.05, 4.69) is 22.6 Å². The maximum absolute atomic E-state index is 9.69. The van der Waals surface area contributed by atoms with Crippen molar-refractivity contribution in [1.29, 1.82) is 0 Å². The van der Waals surface area contributed by atoms with Crippen LogP contribution in [0.5, 0.6) is 0 Å². The van der Waals surface area contributed by atoms with Crippen LogP contribution in [-0.4, -0.2) is 40.4 Å². The van der Waals surface area contributed by atoms with Crippen LogP contribution in [0.4, 0.5) is 0 Å². The average Bonchev–Trinajstić information content (AvgIpc) is 2.38. The topological polar surface area (TPSA) is 58.9 Å². The Morgan fingerprint density at radius 2 is 2.00 bits per heavy atom. The maximum atomic E-state index is 9.69. The van der Waals surface area contributed by atoms with Crippen LogP contribution < -0.4 is 0 Å². The van der Waals surface area contributed by atoms with Crippen LogP contribution in [0.25, 0.3) is 0 Å². The van der Waals surface area contributed by atoms with Gasteiger partial charge in [-0.2, -0.15) is 0 Å². The second-order valence-electron chi connectivity index (χ2n) is 4.05. The molecule has 0 spiro atoms. The van der Waals surface area contributed by atoms with E-state index in [-0.39, 0.29) is 6.10 Å². The molecule has 4 nitrogen and oxygen atoms in total. The first-order valence-electron chi connectivity index (χ1n) is 4.50. The standard InChI is InChI=1S/C9H13IO4/c1-9(2)13-7-4(10)3-5(11)6(12)8(7)14-9/h3,5-8,11-12H,1-2H3/t5-,6+,7+,8-/m0/s1. The highest BCUT2D eigenvalue weighted by Gasteiger charge is 2.49. The summed E-state index contributed by atoms with van der Waals surface area (Å²) < 4.78 is 12.0. The molecule has 4 atom stereocenters. The van der Waals surface area contributed by atoms with Crippen LogP contribution in [0.3, 0.4) is 0 Å². The molecule has 0 aromatic rings. The highest BCUT2D eigenvalue weighted by molar-refractivity contribution is 14.1. The van der Waals surface area contributed by atoms with Gasteiger partial charge in [0.05, 0.1) is 0 Å². The minimum absolute atomic E-state index is 0.246. The number of halogens is 1. The molecule has 1 saturated heterocycles. The predicted molar refractivity (Wildman–Crippen MR) is 57.9 cm³/mol. The molecular weight excluding hydrogens is 299 g/mol. The van der Waals surface area contributed by atoms with E-state index in [0.29, 0.717) is 0 Å². The van der Waals surface area contributed by atoms with E-state index in [1.165, 1.54) is 0 Å². The van der Waals surface area contributed by atoms with Gasteiger partial charge in [-0.1, -0.05) is 0 Å². The zero-order valence-corrected chi connectivity index (χ0v) is 10.1. The lowest BCUT2D eigenvalue weighted by Gasteiger charge is -2.29. The Hall–Kier alpha value is 0.310. The van der Waals surface area contributed by atoms with Crippen LogP contribution in [0.1, 0.15) is 13.8 Å². The van der Waals surface area contributed by atoms with Gasteiger partial charge in [0.1, 0.15) is 24.4 Å². The molecule has 2 aliphatic rings. The Morgan fingerprint density at radius 1 is 1.36 bits per heavy atom. The molecule has 1 heterocycles. The van der Waals surface area contributed by atoms with Crippen molar-refractivity contribution in [3.05, 3.63) is 9.66 Å². The molecule has 0 aromatic carbocycles. The average molecular weight is 312 g/mol. The van der Waals surface area contributed by atoms with Crippen molar-refractivity contribution in [3.63, 3.8) is 0 Å². The molecule has 5 heteroatoms. The smallest absolute Gasteiger partial charge is 0.164 e. The molecule has 0 saturated carbocycles. The number of hydrogen-bond donors (Lipinski definition) is 2. The zero-order valence-electron chi connectivity index (χ0n) is 7.98. The lowest BCUT2D eigenvalue weighted by atomic mass is 9.96. The Morgan fingerprint density at radius 3 is 2.64 bits per heavy atom. The molecule has 2 rings (SSSR count). The van der Waals surface area contributed by atoms with E-state index < -0.39 is 24.1 Å². The summed E-state index contributed by atoms with van der Waals surface area (Å²) in [7, 11) is 0. The third-order valence-corrected chi connectivity index (χ3v) is 3.39. The highest BCUT2D eigenvalue weighted by atomic mass is 127. The lowest BCUT2D eigenvalue weighted by Crippen LogP contribution is -2.46. The molecule has 0 aromatic heterocycles. The van der Waals surface area contributed by atoms with Crippen molar-refractivity contribution in [2.45, 2.75) is 44.1 Å². The van der Waals surface area contributed by atoms with Gasteiger partial charge in [0.2, 0.25) is 0 Å². The van der Waals surface area contributed by atoms with Gasteiger partial charge in [0.25, 0.3) is 0 Å². The summed E-state index contributed by atoms with van der Waals surface area (Å²) in [5.74, 6) is -0.690. The van der Waals surface area contributed by atoms with E-state index in [1.807, 2.05) is 0 Å². The summed E-state index contributed by atoms with van der Waals surface area (Å²) in [6, 6.07) is 0. The molecule has 0 unspecified atom stereocenters. The second-order valence-corrected chi connectivity index (χ2v) is 5.30. The highest BCUT2D eigenvalue weighted by Crippen LogP contribution is 2.39. The summed E-state index contributed by atoms with van der Waals surface area (Å²) in [5.41, 5.74) is 0. The first-order valence-corrected chi connectivity index (χ1v) is 5.57. The van der Waals surface area contributed by atoms with Gasteiger partial charge in [-0.15, -0.1) is 0 Å². The van der Waals surface area contributed by atoms with Crippen LogP contribution in [0, 0.1) is 0 Å². The molecule has 14 heavy (non-hydrogen) atoms.